The molecule has 0 saturated carbocycles. The SMILES string of the molecule is CCCCC/C=C\C/C=C\C/C=C\C/C=C\CCCC(=O)OCC(COC(=O)CCCCC/C=C\CCCCCCCCC)OC(=O)CCCCCCC/C=C\CCCCCCCCC. The normalized spacial score (nSPS) is 12.6. The molecule has 0 aromatic carbocycles. The molecule has 1 unspecified atom stereocenters. The van der Waals surface area contributed by atoms with E-state index < -0.39 is 6.10 Å². The zero-order chi connectivity index (χ0) is 47.2. The molecule has 0 radical (unpaired) electrons. The van der Waals surface area contributed by atoms with Gasteiger partial charge < -0.3 is 14.2 Å². The van der Waals surface area contributed by atoms with Crippen molar-refractivity contribution in [3.05, 3.63) is 72.9 Å². The molecular weight excluding hydrogens is 805 g/mol. The lowest BCUT2D eigenvalue weighted by Crippen LogP contribution is -2.30. The Morgan fingerprint density at radius 3 is 0.985 bits per heavy atom. The highest BCUT2D eigenvalue weighted by Crippen LogP contribution is 2.14. The third-order valence-electron chi connectivity index (χ3n) is 11.7. The van der Waals surface area contributed by atoms with Crippen LogP contribution in [0.25, 0.3) is 0 Å². The van der Waals surface area contributed by atoms with Crippen molar-refractivity contribution < 1.29 is 28.6 Å². The first kappa shape index (κ1) is 61.9. The van der Waals surface area contributed by atoms with Crippen molar-refractivity contribution in [3.8, 4) is 0 Å². The molecule has 0 aliphatic rings. The Balaban J connectivity index is 4.50. The predicted octanol–water partition coefficient (Wildman–Crippen LogP) is 18.2. The molecule has 6 nitrogen and oxygen atoms in total. The molecule has 0 fully saturated rings. The van der Waals surface area contributed by atoms with Crippen LogP contribution in [0.1, 0.15) is 265 Å². The second-order valence-corrected chi connectivity index (χ2v) is 18.1. The van der Waals surface area contributed by atoms with E-state index >= 15 is 0 Å². The molecule has 0 rings (SSSR count). The molecule has 0 aromatic heterocycles. The summed E-state index contributed by atoms with van der Waals surface area (Å²) in [6.07, 6.45) is 67.5. The molecule has 0 aliphatic carbocycles. The number of carbonyl (C=O) groups is 3. The molecule has 0 heterocycles. The van der Waals surface area contributed by atoms with Gasteiger partial charge in [-0.15, -0.1) is 0 Å². The van der Waals surface area contributed by atoms with Gasteiger partial charge in [0.05, 0.1) is 0 Å². The van der Waals surface area contributed by atoms with E-state index in [1.54, 1.807) is 0 Å². The summed E-state index contributed by atoms with van der Waals surface area (Å²) in [4.78, 5) is 38.0. The number of ether oxygens (including phenoxy) is 3. The van der Waals surface area contributed by atoms with E-state index in [4.69, 9.17) is 14.2 Å². The van der Waals surface area contributed by atoms with Crippen LogP contribution < -0.4 is 0 Å². The second-order valence-electron chi connectivity index (χ2n) is 18.1. The standard InChI is InChI=1S/C59H102O6/c1-4-7-10-13-16-19-22-25-28-30-32-34-37-40-43-46-49-52-58(61)64-55-56(54-63-57(60)51-48-45-42-39-36-33-27-24-21-18-15-12-9-6-3)65-59(62)53-50-47-44-41-38-35-31-29-26-23-20-17-14-11-8-5-2/h16,19,25,28-29,31-34,36,40,43,56H,4-15,17-18,20-24,26-27,30,35,37-39,41-42,44-55H2,1-3H3/b19-16-,28-25-,31-29-,34-32-,36-33-,43-40-. The van der Waals surface area contributed by atoms with Crippen LogP contribution in [0.4, 0.5) is 0 Å². The first-order valence-corrected chi connectivity index (χ1v) is 27.4. The van der Waals surface area contributed by atoms with Gasteiger partial charge in [-0.3, -0.25) is 14.4 Å². The number of hydrogen-bond donors (Lipinski definition) is 0. The van der Waals surface area contributed by atoms with Gasteiger partial charge >= 0.3 is 17.9 Å². The average Bonchev–Trinajstić information content (AvgIpc) is 3.30. The quantitative estimate of drug-likeness (QED) is 0.0262. The van der Waals surface area contributed by atoms with E-state index in [0.717, 1.165) is 89.9 Å². The van der Waals surface area contributed by atoms with Crippen LogP contribution in [-0.4, -0.2) is 37.2 Å². The minimum Gasteiger partial charge on any atom is -0.462 e. The zero-order valence-corrected chi connectivity index (χ0v) is 42.7. The molecule has 0 N–H and O–H groups in total. The molecule has 0 aliphatic heterocycles. The fourth-order valence-corrected chi connectivity index (χ4v) is 7.48. The molecule has 0 amide bonds. The molecule has 374 valence electrons. The second kappa shape index (κ2) is 53.5. The van der Waals surface area contributed by atoms with Crippen LogP contribution in [0, 0.1) is 0 Å². The Morgan fingerprint density at radius 1 is 0.308 bits per heavy atom. The number of esters is 3. The van der Waals surface area contributed by atoms with Gasteiger partial charge in [-0.05, 0) is 109 Å². The molecule has 0 saturated heterocycles. The van der Waals surface area contributed by atoms with E-state index in [2.05, 4.69) is 93.7 Å². The number of carbonyl (C=O) groups excluding carboxylic acids is 3. The molecule has 0 bridgehead atoms. The van der Waals surface area contributed by atoms with Gasteiger partial charge in [0, 0.05) is 19.3 Å². The minimum absolute atomic E-state index is 0.103. The summed E-state index contributed by atoms with van der Waals surface area (Å²) in [6.45, 7) is 6.54. The maximum absolute atomic E-state index is 12.8. The van der Waals surface area contributed by atoms with Gasteiger partial charge in [0.25, 0.3) is 0 Å². The zero-order valence-electron chi connectivity index (χ0n) is 42.7. The van der Waals surface area contributed by atoms with Crippen molar-refractivity contribution in [2.75, 3.05) is 13.2 Å². The van der Waals surface area contributed by atoms with Gasteiger partial charge in [0.15, 0.2) is 6.10 Å². The number of unbranched alkanes of at least 4 members (excludes halogenated alkanes) is 26. The van der Waals surface area contributed by atoms with Crippen molar-refractivity contribution in [2.45, 2.75) is 271 Å². The molecule has 65 heavy (non-hydrogen) atoms. The van der Waals surface area contributed by atoms with Crippen molar-refractivity contribution in [3.63, 3.8) is 0 Å². The van der Waals surface area contributed by atoms with E-state index in [1.807, 2.05) is 0 Å². The Morgan fingerprint density at radius 2 is 0.569 bits per heavy atom. The Bertz CT molecular complexity index is 1230. The fourth-order valence-electron chi connectivity index (χ4n) is 7.48. The van der Waals surface area contributed by atoms with Crippen LogP contribution in [0.3, 0.4) is 0 Å². The highest BCUT2D eigenvalue weighted by Gasteiger charge is 2.19. The molecule has 0 aromatic rings. The Hall–Kier alpha value is -3.15. The van der Waals surface area contributed by atoms with Gasteiger partial charge in [-0.1, -0.05) is 209 Å². The summed E-state index contributed by atoms with van der Waals surface area (Å²) in [5.41, 5.74) is 0. The Kier molecular flexibility index (Phi) is 50.9. The summed E-state index contributed by atoms with van der Waals surface area (Å²) < 4.78 is 16.8. The van der Waals surface area contributed by atoms with Crippen molar-refractivity contribution in [1.82, 2.24) is 0 Å². The summed E-state index contributed by atoms with van der Waals surface area (Å²) >= 11 is 0. The third-order valence-corrected chi connectivity index (χ3v) is 11.7. The van der Waals surface area contributed by atoms with Gasteiger partial charge in [0.1, 0.15) is 13.2 Å². The first-order valence-electron chi connectivity index (χ1n) is 27.4. The molecular formula is C59H102O6. The van der Waals surface area contributed by atoms with Crippen LogP contribution >= 0.6 is 0 Å². The van der Waals surface area contributed by atoms with E-state index in [9.17, 15) is 14.4 Å². The lowest BCUT2D eigenvalue weighted by atomic mass is 10.1. The van der Waals surface area contributed by atoms with E-state index in [-0.39, 0.29) is 37.5 Å². The van der Waals surface area contributed by atoms with Gasteiger partial charge in [-0.25, -0.2) is 0 Å². The van der Waals surface area contributed by atoms with Crippen LogP contribution in [0.5, 0.6) is 0 Å². The fraction of sp³-hybridized carbons (Fsp3) is 0.746. The third kappa shape index (κ3) is 51.7. The molecule has 0 spiro atoms. The Labute approximate surface area is 402 Å². The highest BCUT2D eigenvalue weighted by atomic mass is 16.6. The molecule has 1 atom stereocenters. The van der Waals surface area contributed by atoms with Crippen molar-refractivity contribution in [1.29, 1.82) is 0 Å². The lowest BCUT2D eigenvalue weighted by Gasteiger charge is -2.18. The smallest absolute Gasteiger partial charge is 0.306 e. The van der Waals surface area contributed by atoms with E-state index in [1.165, 1.54) is 128 Å². The van der Waals surface area contributed by atoms with Gasteiger partial charge in [-0.2, -0.15) is 0 Å². The summed E-state index contributed by atoms with van der Waals surface area (Å²) in [7, 11) is 0. The largest absolute Gasteiger partial charge is 0.462 e. The maximum Gasteiger partial charge on any atom is 0.306 e. The van der Waals surface area contributed by atoms with E-state index in [0.29, 0.717) is 19.3 Å². The van der Waals surface area contributed by atoms with Crippen LogP contribution in [0.15, 0.2) is 72.9 Å². The minimum atomic E-state index is -0.807. The number of hydrogen-bond acceptors (Lipinski definition) is 6. The summed E-state index contributed by atoms with van der Waals surface area (Å²) in [6, 6.07) is 0. The van der Waals surface area contributed by atoms with Crippen molar-refractivity contribution >= 4 is 17.9 Å². The summed E-state index contributed by atoms with van der Waals surface area (Å²) in [5, 5.41) is 0. The van der Waals surface area contributed by atoms with Crippen LogP contribution in [-0.2, 0) is 28.6 Å². The topological polar surface area (TPSA) is 78.9 Å². The predicted molar refractivity (Wildman–Crippen MR) is 279 cm³/mol. The van der Waals surface area contributed by atoms with Crippen LogP contribution in [0.2, 0.25) is 0 Å². The average molecular weight is 907 g/mol. The highest BCUT2D eigenvalue weighted by molar-refractivity contribution is 5.71. The number of allylic oxidation sites excluding steroid dienone is 12. The van der Waals surface area contributed by atoms with Gasteiger partial charge in [0.2, 0.25) is 0 Å². The lowest BCUT2D eigenvalue weighted by molar-refractivity contribution is -0.167. The first-order chi connectivity index (χ1) is 32.0. The number of rotatable bonds is 49. The summed E-state index contributed by atoms with van der Waals surface area (Å²) in [5.74, 6) is -0.980. The molecule has 6 heteroatoms. The maximum atomic E-state index is 12.8. The van der Waals surface area contributed by atoms with Crippen molar-refractivity contribution in [2.24, 2.45) is 0 Å². The monoisotopic (exact) mass is 907 g/mol.